The molecule has 0 spiro atoms. The van der Waals surface area contributed by atoms with Gasteiger partial charge in [-0.05, 0) is 37.0 Å². The van der Waals surface area contributed by atoms with Gasteiger partial charge in [0.05, 0.1) is 0 Å². The number of hydrogen-bond acceptors (Lipinski definition) is 2. The van der Waals surface area contributed by atoms with Crippen molar-refractivity contribution < 1.29 is 4.79 Å². The molecule has 0 N–H and O–H groups in total. The lowest BCUT2D eigenvalue weighted by Gasteiger charge is -2.34. The first-order valence-electron chi connectivity index (χ1n) is 7.48. The van der Waals surface area contributed by atoms with Crippen LogP contribution in [0.2, 0.25) is 5.02 Å². The predicted molar refractivity (Wildman–Crippen MR) is 80.9 cm³/mol. The van der Waals surface area contributed by atoms with E-state index in [0.29, 0.717) is 11.8 Å². The number of rotatable bonds is 4. The molecule has 0 unspecified atom stereocenters. The molecule has 1 aliphatic heterocycles. The third-order valence-corrected chi connectivity index (χ3v) is 4.45. The van der Waals surface area contributed by atoms with Crippen LogP contribution in [-0.4, -0.2) is 48.4 Å². The van der Waals surface area contributed by atoms with Crippen molar-refractivity contribution in [1.29, 1.82) is 0 Å². The summed E-state index contributed by atoms with van der Waals surface area (Å²) in [5.74, 6) is 0.743. The molecule has 0 radical (unpaired) electrons. The van der Waals surface area contributed by atoms with Crippen LogP contribution in [0.15, 0.2) is 24.3 Å². The fraction of sp³-hybridized carbons (Fsp3) is 0.562. The fourth-order valence-corrected chi connectivity index (χ4v) is 2.97. The van der Waals surface area contributed by atoms with E-state index in [4.69, 9.17) is 11.6 Å². The lowest BCUT2D eigenvalue weighted by atomic mass is 10.1. The van der Waals surface area contributed by atoms with Crippen molar-refractivity contribution in [3.05, 3.63) is 34.9 Å². The molecule has 20 heavy (non-hydrogen) atoms. The molecule has 3 nitrogen and oxygen atoms in total. The zero-order chi connectivity index (χ0) is 13.9. The van der Waals surface area contributed by atoms with E-state index in [9.17, 15) is 4.79 Å². The molecule has 2 fully saturated rings. The fourth-order valence-electron chi connectivity index (χ4n) is 2.76. The summed E-state index contributed by atoms with van der Waals surface area (Å²) in [7, 11) is 0. The summed E-state index contributed by atoms with van der Waals surface area (Å²) in [6.07, 6.45) is 3.23. The first kappa shape index (κ1) is 13.9. The first-order valence-corrected chi connectivity index (χ1v) is 7.86. The Hall–Kier alpha value is -1.06. The number of benzene rings is 1. The average molecular weight is 293 g/mol. The zero-order valence-corrected chi connectivity index (χ0v) is 12.5. The van der Waals surface area contributed by atoms with Crippen molar-refractivity contribution in [2.45, 2.75) is 19.3 Å². The summed E-state index contributed by atoms with van der Waals surface area (Å²) < 4.78 is 0. The Morgan fingerprint density at radius 2 is 1.95 bits per heavy atom. The predicted octanol–water partition coefficient (Wildman–Crippen LogP) is 2.44. The number of piperazine rings is 1. The second kappa shape index (κ2) is 6.15. The van der Waals surface area contributed by atoms with Gasteiger partial charge in [0.15, 0.2) is 0 Å². The van der Waals surface area contributed by atoms with Crippen LogP contribution in [0.5, 0.6) is 0 Å². The van der Waals surface area contributed by atoms with Crippen molar-refractivity contribution in [2.24, 2.45) is 5.92 Å². The topological polar surface area (TPSA) is 23.6 Å². The van der Waals surface area contributed by atoms with E-state index in [-0.39, 0.29) is 0 Å². The van der Waals surface area contributed by atoms with Gasteiger partial charge in [-0.1, -0.05) is 23.7 Å². The highest BCUT2D eigenvalue weighted by molar-refractivity contribution is 6.30. The molecular weight excluding hydrogens is 272 g/mol. The number of carbonyl (C=O) groups is 1. The Morgan fingerprint density at radius 3 is 2.60 bits per heavy atom. The number of carbonyl (C=O) groups excluding carboxylic acids is 1. The Kier molecular flexibility index (Phi) is 4.27. The van der Waals surface area contributed by atoms with Gasteiger partial charge in [-0.25, -0.2) is 0 Å². The first-order chi connectivity index (χ1) is 9.72. The summed E-state index contributed by atoms with van der Waals surface area (Å²) in [5.41, 5.74) is 1.29. The Bertz CT molecular complexity index is 479. The van der Waals surface area contributed by atoms with Crippen LogP contribution in [0, 0.1) is 5.92 Å². The number of hydrogen-bond donors (Lipinski definition) is 0. The zero-order valence-electron chi connectivity index (χ0n) is 11.7. The van der Waals surface area contributed by atoms with Gasteiger partial charge in [-0.15, -0.1) is 0 Å². The third-order valence-electron chi connectivity index (χ3n) is 4.22. The standard InChI is InChI=1S/C16H21ClN2O/c17-15-3-1-2-13(12-15)6-7-18-8-10-19(11-9-18)16(20)14-4-5-14/h1-3,12,14H,4-11H2. The minimum atomic E-state index is 0.355. The van der Waals surface area contributed by atoms with Gasteiger partial charge < -0.3 is 4.90 Å². The summed E-state index contributed by atoms with van der Waals surface area (Å²) in [4.78, 5) is 16.5. The summed E-state index contributed by atoms with van der Waals surface area (Å²) >= 11 is 6.00. The second-order valence-electron chi connectivity index (χ2n) is 5.82. The number of nitrogens with zero attached hydrogens (tertiary/aromatic N) is 2. The highest BCUT2D eigenvalue weighted by Crippen LogP contribution is 2.31. The van der Waals surface area contributed by atoms with Crippen LogP contribution in [0.4, 0.5) is 0 Å². The molecule has 1 saturated carbocycles. The molecule has 1 aromatic carbocycles. The largest absolute Gasteiger partial charge is 0.340 e. The average Bonchev–Trinajstić information content (AvgIpc) is 3.30. The third kappa shape index (κ3) is 3.53. The molecule has 3 rings (SSSR count). The normalized spacial score (nSPS) is 20.1. The van der Waals surface area contributed by atoms with Gasteiger partial charge >= 0.3 is 0 Å². The molecule has 4 heteroatoms. The highest BCUT2D eigenvalue weighted by atomic mass is 35.5. The maximum absolute atomic E-state index is 12.0. The van der Waals surface area contributed by atoms with Gasteiger partial charge in [0.2, 0.25) is 5.91 Å². The molecule has 1 heterocycles. The van der Waals surface area contributed by atoms with E-state index < -0.39 is 0 Å². The summed E-state index contributed by atoms with van der Waals surface area (Å²) in [6, 6.07) is 8.07. The SMILES string of the molecule is O=C(C1CC1)N1CCN(CCc2cccc(Cl)c2)CC1. The minimum Gasteiger partial charge on any atom is -0.340 e. The molecule has 0 atom stereocenters. The van der Waals surface area contributed by atoms with Crippen molar-refractivity contribution in [3.63, 3.8) is 0 Å². The van der Waals surface area contributed by atoms with Crippen molar-refractivity contribution in [1.82, 2.24) is 9.80 Å². The highest BCUT2D eigenvalue weighted by Gasteiger charge is 2.34. The molecular formula is C16H21ClN2O. The maximum Gasteiger partial charge on any atom is 0.225 e. The lowest BCUT2D eigenvalue weighted by molar-refractivity contribution is -0.134. The molecule has 1 saturated heterocycles. The van der Waals surface area contributed by atoms with E-state index in [1.807, 2.05) is 23.1 Å². The molecule has 1 aromatic rings. The molecule has 2 aliphatic rings. The van der Waals surface area contributed by atoms with Crippen molar-refractivity contribution in [3.8, 4) is 0 Å². The maximum atomic E-state index is 12.0. The van der Waals surface area contributed by atoms with Crippen molar-refractivity contribution in [2.75, 3.05) is 32.7 Å². The number of halogens is 1. The van der Waals surface area contributed by atoms with E-state index in [2.05, 4.69) is 11.0 Å². The van der Waals surface area contributed by atoms with Crippen LogP contribution < -0.4 is 0 Å². The van der Waals surface area contributed by atoms with Crippen LogP contribution in [0.25, 0.3) is 0 Å². The van der Waals surface area contributed by atoms with Gasteiger partial charge in [-0.2, -0.15) is 0 Å². The Labute approximate surface area is 125 Å². The summed E-state index contributed by atoms with van der Waals surface area (Å²) in [6.45, 7) is 4.83. The van der Waals surface area contributed by atoms with E-state index >= 15 is 0 Å². The van der Waals surface area contributed by atoms with E-state index in [1.54, 1.807) is 0 Å². The molecule has 0 bridgehead atoms. The Balaban J connectivity index is 1.43. The monoisotopic (exact) mass is 292 g/mol. The van der Waals surface area contributed by atoms with Crippen molar-refractivity contribution >= 4 is 17.5 Å². The smallest absolute Gasteiger partial charge is 0.225 e. The van der Waals surface area contributed by atoms with Gasteiger partial charge in [-0.3, -0.25) is 9.69 Å². The summed E-state index contributed by atoms with van der Waals surface area (Å²) in [5, 5.41) is 0.808. The molecule has 108 valence electrons. The van der Waals surface area contributed by atoms with Crippen LogP contribution in [0.3, 0.4) is 0 Å². The van der Waals surface area contributed by atoms with Gasteiger partial charge in [0.1, 0.15) is 0 Å². The van der Waals surface area contributed by atoms with Gasteiger partial charge in [0.25, 0.3) is 0 Å². The van der Waals surface area contributed by atoms with Crippen LogP contribution in [-0.2, 0) is 11.2 Å². The molecule has 1 amide bonds. The number of amides is 1. The van der Waals surface area contributed by atoms with E-state index in [1.165, 1.54) is 5.56 Å². The lowest BCUT2D eigenvalue weighted by Crippen LogP contribution is -2.49. The quantitative estimate of drug-likeness (QED) is 0.851. The second-order valence-corrected chi connectivity index (χ2v) is 6.26. The Morgan fingerprint density at radius 1 is 1.20 bits per heavy atom. The molecule has 1 aliphatic carbocycles. The van der Waals surface area contributed by atoms with E-state index in [0.717, 1.165) is 57.0 Å². The minimum absolute atomic E-state index is 0.355. The van der Waals surface area contributed by atoms with Crippen LogP contribution in [0.1, 0.15) is 18.4 Å². The molecule has 0 aromatic heterocycles. The van der Waals surface area contributed by atoms with Crippen LogP contribution >= 0.6 is 11.6 Å². The van der Waals surface area contributed by atoms with Gasteiger partial charge in [0, 0.05) is 43.7 Å².